The average Bonchev–Trinajstić information content (AvgIpc) is 3.00. The highest BCUT2D eigenvalue weighted by Gasteiger charge is 2.42. The number of para-hydroxylation sites is 1. The number of hydrogen-bond donors (Lipinski definition) is 0. The van der Waals surface area contributed by atoms with Crippen molar-refractivity contribution in [2.75, 3.05) is 20.6 Å². The second kappa shape index (κ2) is 7.54. The van der Waals surface area contributed by atoms with Gasteiger partial charge in [0, 0.05) is 24.3 Å². The van der Waals surface area contributed by atoms with E-state index in [0.717, 1.165) is 42.7 Å². The molecule has 0 saturated heterocycles. The number of fused-ring (bicyclic) bond motifs is 1. The van der Waals surface area contributed by atoms with Gasteiger partial charge in [0.25, 0.3) is 0 Å². The molecule has 1 aliphatic heterocycles. The summed E-state index contributed by atoms with van der Waals surface area (Å²) < 4.78 is 8.22. The molecule has 2 aromatic rings. The fourth-order valence-corrected chi connectivity index (χ4v) is 4.40. The van der Waals surface area contributed by atoms with Crippen molar-refractivity contribution in [3.05, 3.63) is 41.7 Å². The second-order valence-electron chi connectivity index (χ2n) is 8.39. The lowest BCUT2D eigenvalue weighted by atomic mass is 9.81. The molecule has 1 aromatic carbocycles. The van der Waals surface area contributed by atoms with E-state index in [1.165, 1.54) is 0 Å². The third-order valence-corrected chi connectivity index (χ3v) is 6.04. The van der Waals surface area contributed by atoms with Crippen LogP contribution in [0.3, 0.4) is 0 Å². The normalized spacial score (nSPS) is 24.7. The first kappa shape index (κ1) is 18.9. The molecule has 2 heterocycles. The van der Waals surface area contributed by atoms with Gasteiger partial charge in [-0.2, -0.15) is 0 Å². The van der Waals surface area contributed by atoms with Gasteiger partial charge in [-0.1, -0.05) is 23.4 Å². The lowest BCUT2D eigenvalue weighted by Gasteiger charge is -2.43. The predicted octanol–water partition coefficient (Wildman–Crippen LogP) is 2.25. The number of rotatable bonds is 3. The fraction of sp³-hybridized carbons (Fsp3) is 0.571. The van der Waals surface area contributed by atoms with E-state index in [4.69, 9.17) is 4.74 Å². The molecule has 1 aromatic heterocycles. The van der Waals surface area contributed by atoms with Gasteiger partial charge < -0.3 is 14.5 Å². The van der Waals surface area contributed by atoms with Crippen LogP contribution in [-0.4, -0.2) is 63.0 Å². The van der Waals surface area contributed by atoms with E-state index >= 15 is 0 Å². The van der Waals surface area contributed by atoms with E-state index in [2.05, 4.69) is 35.4 Å². The molecule has 2 aliphatic rings. The number of aryl methyl sites for hydroxylation is 1. The van der Waals surface area contributed by atoms with Crippen molar-refractivity contribution in [2.24, 2.45) is 0 Å². The molecule has 0 radical (unpaired) electrons. The molecule has 7 heteroatoms. The van der Waals surface area contributed by atoms with Gasteiger partial charge in [0.2, 0.25) is 5.91 Å². The van der Waals surface area contributed by atoms with Gasteiger partial charge in [0.05, 0.1) is 12.2 Å². The van der Waals surface area contributed by atoms with Crippen LogP contribution in [0.15, 0.2) is 30.5 Å². The van der Waals surface area contributed by atoms with Crippen LogP contribution in [0, 0.1) is 6.92 Å². The molecule has 150 valence electrons. The zero-order valence-corrected chi connectivity index (χ0v) is 17.0. The maximum atomic E-state index is 13.1. The Morgan fingerprint density at radius 3 is 2.71 bits per heavy atom. The van der Waals surface area contributed by atoms with Crippen molar-refractivity contribution in [1.82, 2.24) is 24.8 Å². The number of carbonyl (C=O) groups excluding carboxylic acids is 1. The third kappa shape index (κ3) is 3.90. The Kier molecular flexibility index (Phi) is 5.10. The lowest BCUT2D eigenvalue weighted by molar-refractivity contribution is -0.136. The summed E-state index contributed by atoms with van der Waals surface area (Å²) in [6, 6.07) is 8.68. The first-order valence-electron chi connectivity index (χ1n) is 10.0. The van der Waals surface area contributed by atoms with Crippen molar-refractivity contribution < 1.29 is 9.53 Å². The molecule has 0 atom stereocenters. The van der Waals surface area contributed by atoms with Gasteiger partial charge in [0.1, 0.15) is 17.9 Å². The number of hydrogen-bond acceptors (Lipinski definition) is 5. The number of carbonyl (C=O) groups is 1. The van der Waals surface area contributed by atoms with Gasteiger partial charge in [0.15, 0.2) is 0 Å². The number of nitrogens with zero attached hydrogens (tertiary/aromatic N) is 5. The predicted molar refractivity (Wildman–Crippen MR) is 106 cm³/mol. The Hall–Kier alpha value is -2.41. The van der Waals surface area contributed by atoms with Gasteiger partial charge in [-0.3, -0.25) is 4.79 Å². The number of aromatic nitrogens is 3. The summed E-state index contributed by atoms with van der Waals surface area (Å²) in [5.41, 5.74) is 1.57. The van der Waals surface area contributed by atoms with Crippen LogP contribution < -0.4 is 4.74 Å². The molecule has 0 unspecified atom stereocenters. The maximum absolute atomic E-state index is 13.1. The van der Waals surface area contributed by atoms with Crippen molar-refractivity contribution in [3.8, 4) is 5.75 Å². The van der Waals surface area contributed by atoms with Gasteiger partial charge in [-0.15, -0.1) is 5.10 Å². The summed E-state index contributed by atoms with van der Waals surface area (Å²) in [5.74, 6) is 0.969. The molecule has 1 saturated carbocycles. The number of benzene rings is 1. The van der Waals surface area contributed by atoms with E-state index in [1.54, 1.807) is 10.9 Å². The van der Waals surface area contributed by atoms with E-state index in [1.807, 2.05) is 30.0 Å². The molecule has 1 fully saturated rings. The van der Waals surface area contributed by atoms with Crippen LogP contribution >= 0.6 is 0 Å². The monoisotopic (exact) mass is 383 g/mol. The SMILES string of the molecule is Cc1cn(CC(=O)N2Cc3ccccc3OC3(CCC(N(C)C)CC3)C2)nn1. The minimum atomic E-state index is -0.312. The minimum Gasteiger partial charge on any atom is -0.485 e. The molecular formula is C21H29N5O2. The van der Waals surface area contributed by atoms with Crippen LogP contribution in [0.25, 0.3) is 0 Å². The maximum Gasteiger partial charge on any atom is 0.244 e. The highest BCUT2D eigenvalue weighted by Crippen LogP contribution is 2.39. The second-order valence-corrected chi connectivity index (χ2v) is 8.39. The Balaban J connectivity index is 1.57. The van der Waals surface area contributed by atoms with Gasteiger partial charge in [-0.25, -0.2) is 4.68 Å². The van der Waals surface area contributed by atoms with E-state index in [9.17, 15) is 4.79 Å². The third-order valence-electron chi connectivity index (χ3n) is 6.04. The summed E-state index contributed by atoms with van der Waals surface area (Å²) in [6.45, 7) is 3.28. The van der Waals surface area contributed by atoms with E-state index in [-0.39, 0.29) is 18.1 Å². The summed E-state index contributed by atoms with van der Waals surface area (Å²) >= 11 is 0. The van der Waals surface area contributed by atoms with Crippen LogP contribution in [0.2, 0.25) is 0 Å². The summed E-state index contributed by atoms with van der Waals surface area (Å²) in [6.07, 6.45) is 5.88. The quantitative estimate of drug-likeness (QED) is 0.813. The van der Waals surface area contributed by atoms with Gasteiger partial charge >= 0.3 is 0 Å². The Labute approximate surface area is 166 Å². The van der Waals surface area contributed by atoms with Crippen LogP contribution in [0.5, 0.6) is 5.75 Å². The summed E-state index contributed by atoms with van der Waals surface area (Å²) in [5, 5.41) is 8.02. The molecule has 1 spiro atoms. The zero-order chi connectivity index (χ0) is 19.7. The Morgan fingerprint density at radius 2 is 2.04 bits per heavy atom. The first-order chi connectivity index (χ1) is 13.4. The van der Waals surface area contributed by atoms with Gasteiger partial charge in [-0.05, 0) is 52.8 Å². The molecule has 4 rings (SSSR count). The van der Waals surface area contributed by atoms with Crippen molar-refractivity contribution in [3.63, 3.8) is 0 Å². The largest absolute Gasteiger partial charge is 0.485 e. The number of amides is 1. The topological polar surface area (TPSA) is 63.5 Å². The summed E-state index contributed by atoms with van der Waals surface area (Å²) in [4.78, 5) is 17.4. The van der Waals surface area contributed by atoms with Crippen molar-refractivity contribution >= 4 is 5.91 Å². The molecule has 7 nitrogen and oxygen atoms in total. The van der Waals surface area contributed by atoms with E-state index in [0.29, 0.717) is 19.1 Å². The Bertz CT molecular complexity index is 839. The van der Waals surface area contributed by atoms with Crippen LogP contribution in [0.1, 0.15) is 36.9 Å². The lowest BCUT2D eigenvalue weighted by Crippen LogP contribution is -2.52. The highest BCUT2D eigenvalue weighted by molar-refractivity contribution is 5.76. The molecule has 1 aliphatic carbocycles. The first-order valence-corrected chi connectivity index (χ1v) is 10.0. The Morgan fingerprint density at radius 1 is 1.29 bits per heavy atom. The van der Waals surface area contributed by atoms with Crippen LogP contribution in [-0.2, 0) is 17.9 Å². The summed E-state index contributed by atoms with van der Waals surface area (Å²) in [7, 11) is 4.28. The van der Waals surface area contributed by atoms with Crippen molar-refractivity contribution in [1.29, 1.82) is 0 Å². The molecule has 0 N–H and O–H groups in total. The zero-order valence-electron chi connectivity index (χ0n) is 17.0. The standard InChI is InChI=1S/C21H29N5O2/c1-16-12-26(23-22-16)14-20(27)25-13-17-6-4-5-7-19(17)28-21(15-25)10-8-18(9-11-21)24(2)3/h4-7,12,18H,8-11,13-15H2,1-3H3. The average molecular weight is 383 g/mol. The molecule has 1 amide bonds. The van der Waals surface area contributed by atoms with Crippen LogP contribution in [0.4, 0.5) is 0 Å². The molecule has 0 bridgehead atoms. The molecular weight excluding hydrogens is 354 g/mol. The fourth-order valence-electron chi connectivity index (χ4n) is 4.40. The smallest absolute Gasteiger partial charge is 0.244 e. The minimum absolute atomic E-state index is 0.0549. The number of ether oxygens (including phenoxy) is 1. The van der Waals surface area contributed by atoms with Crippen molar-refractivity contribution in [2.45, 2.75) is 57.3 Å². The van der Waals surface area contributed by atoms with E-state index < -0.39 is 0 Å². The molecule has 28 heavy (non-hydrogen) atoms. The highest BCUT2D eigenvalue weighted by atomic mass is 16.5.